The van der Waals surface area contributed by atoms with E-state index < -0.39 is 0 Å². The number of imide groups is 1. The first-order valence-corrected chi connectivity index (χ1v) is 11.0. The van der Waals surface area contributed by atoms with Crippen LogP contribution in [0.1, 0.15) is 22.3 Å². The number of hydrogen-bond donors (Lipinski definition) is 0. The molecule has 0 unspecified atom stereocenters. The van der Waals surface area contributed by atoms with Crippen molar-refractivity contribution in [3.05, 3.63) is 94.7 Å². The number of carbonyl (C=O) groups excluding carboxylic acids is 2. The second-order valence-corrected chi connectivity index (χ2v) is 8.35. The molecule has 0 fully saturated rings. The van der Waals surface area contributed by atoms with Gasteiger partial charge in [0.1, 0.15) is 5.70 Å². The fourth-order valence-corrected chi connectivity index (χ4v) is 4.16. The van der Waals surface area contributed by atoms with Gasteiger partial charge in [-0.1, -0.05) is 48.5 Å². The van der Waals surface area contributed by atoms with Gasteiger partial charge in [0, 0.05) is 19.7 Å². The molecule has 0 aliphatic carbocycles. The first kappa shape index (κ1) is 23.1. The minimum Gasteiger partial charge on any atom is -0.493 e. The van der Waals surface area contributed by atoms with E-state index in [1.165, 1.54) is 12.0 Å². The summed E-state index contributed by atoms with van der Waals surface area (Å²) in [7, 11) is 4.90. The van der Waals surface area contributed by atoms with Crippen molar-refractivity contribution in [3.63, 3.8) is 0 Å². The van der Waals surface area contributed by atoms with Gasteiger partial charge < -0.3 is 14.4 Å². The average Bonchev–Trinajstić information content (AvgIpc) is 3.11. The highest BCUT2D eigenvalue weighted by molar-refractivity contribution is 6.45. The summed E-state index contributed by atoms with van der Waals surface area (Å²) in [6, 6.07) is 20.7. The highest BCUT2D eigenvalue weighted by Gasteiger charge is 2.42. The Hall–Kier alpha value is -4.06. The summed E-state index contributed by atoms with van der Waals surface area (Å²) in [6.07, 6.45) is 0. The number of anilines is 1. The lowest BCUT2D eigenvalue weighted by molar-refractivity contribution is -0.120. The van der Waals surface area contributed by atoms with Gasteiger partial charge in [-0.25, -0.2) is 4.90 Å². The summed E-state index contributed by atoms with van der Waals surface area (Å²) >= 11 is 0. The first-order valence-electron chi connectivity index (χ1n) is 11.0. The van der Waals surface area contributed by atoms with Crippen LogP contribution in [0, 0.1) is 13.8 Å². The van der Waals surface area contributed by atoms with Gasteiger partial charge in [-0.2, -0.15) is 0 Å². The summed E-state index contributed by atoms with van der Waals surface area (Å²) < 4.78 is 10.7. The Bertz CT molecular complexity index is 1280. The Kier molecular flexibility index (Phi) is 6.41. The third-order valence-electron chi connectivity index (χ3n) is 6.12. The van der Waals surface area contributed by atoms with Crippen molar-refractivity contribution in [2.75, 3.05) is 26.2 Å². The van der Waals surface area contributed by atoms with Gasteiger partial charge in [0.15, 0.2) is 11.5 Å². The van der Waals surface area contributed by atoms with Crippen molar-refractivity contribution in [1.29, 1.82) is 0 Å². The van der Waals surface area contributed by atoms with Crippen LogP contribution in [0.25, 0.3) is 5.57 Å². The van der Waals surface area contributed by atoms with Crippen molar-refractivity contribution in [2.45, 2.75) is 20.4 Å². The molecule has 0 radical (unpaired) electrons. The molecule has 6 nitrogen and oxygen atoms in total. The molecule has 34 heavy (non-hydrogen) atoms. The average molecular weight is 457 g/mol. The standard InChI is InChI=1S/C28H28N2O4/c1-18-11-12-21(15-19(18)2)25-26(29(3)17-20-9-7-6-8-10-20)28(32)30(27(25)31)22-13-14-23(33-4)24(16-22)34-5/h6-16H,17H2,1-5H3. The number of ether oxygens (including phenoxy) is 2. The van der Waals surface area contributed by atoms with Gasteiger partial charge in [0.05, 0.1) is 25.5 Å². The number of nitrogens with zero attached hydrogens (tertiary/aromatic N) is 2. The van der Waals surface area contributed by atoms with Crippen LogP contribution in [0.2, 0.25) is 0 Å². The van der Waals surface area contributed by atoms with Crippen molar-refractivity contribution in [3.8, 4) is 11.5 Å². The van der Waals surface area contributed by atoms with Gasteiger partial charge in [0.25, 0.3) is 11.8 Å². The molecule has 0 saturated carbocycles. The predicted molar refractivity (Wildman–Crippen MR) is 133 cm³/mol. The summed E-state index contributed by atoms with van der Waals surface area (Å²) in [5.74, 6) is 0.229. The fraction of sp³-hybridized carbons (Fsp3) is 0.214. The minimum absolute atomic E-state index is 0.365. The lowest BCUT2D eigenvalue weighted by Crippen LogP contribution is -2.34. The van der Waals surface area contributed by atoms with Crippen LogP contribution in [0.4, 0.5) is 5.69 Å². The van der Waals surface area contributed by atoms with Crippen LogP contribution >= 0.6 is 0 Å². The maximum atomic E-state index is 13.8. The lowest BCUT2D eigenvalue weighted by Gasteiger charge is -2.22. The second-order valence-electron chi connectivity index (χ2n) is 8.35. The maximum absolute atomic E-state index is 13.8. The SMILES string of the molecule is COc1ccc(N2C(=O)C(c3ccc(C)c(C)c3)=C(N(C)Cc3ccccc3)C2=O)cc1OC. The molecule has 1 heterocycles. The number of amides is 2. The third kappa shape index (κ3) is 4.15. The number of rotatable bonds is 7. The van der Waals surface area contributed by atoms with E-state index in [-0.39, 0.29) is 11.8 Å². The smallest absolute Gasteiger partial charge is 0.282 e. The van der Waals surface area contributed by atoms with Crippen LogP contribution in [-0.2, 0) is 16.1 Å². The zero-order valence-corrected chi connectivity index (χ0v) is 20.1. The molecule has 1 aliphatic heterocycles. The molecule has 174 valence electrons. The maximum Gasteiger partial charge on any atom is 0.282 e. The van der Waals surface area contributed by atoms with E-state index >= 15 is 0 Å². The van der Waals surface area contributed by atoms with E-state index in [0.29, 0.717) is 35.0 Å². The largest absolute Gasteiger partial charge is 0.493 e. The van der Waals surface area contributed by atoms with E-state index in [1.54, 1.807) is 25.3 Å². The van der Waals surface area contributed by atoms with Gasteiger partial charge in [-0.3, -0.25) is 9.59 Å². The Balaban J connectivity index is 1.82. The quantitative estimate of drug-likeness (QED) is 0.481. The van der Waals surface area contributed by atoms with Crippen LogP contribution < -0.4 is 14.4 Å². The zero-order chi connectivity index (χ0) is 24.4. The number of likely N-dealkylation sites (N-methyl/N-ethyl adjacent to an activating group) is 1. The lowest BCUT2D eigenvalue weighted by atomic mass is 9.99. The molecule has 0 atom stereocenters. The number of benzene rings is 3. The summed E-state index contributed by atoms with van der Waals surface area (Å²) in [6.45, 7) is 4.51. The highest BCUT2D eigenvalue weighted by atomic mass is 16.5. The van der Waals surface area contributed by atoms with E-state index in [2.05, 4.69) is 0 Å². The van der Waals surface area contributed by atoms with Crippen LogP contribution in [-0.4, -0.2) is 38.0 Å². The summed E-state index contributed by atoms with van der Waals surface area (Å²) in [5.41, 5.74) is 5.13. The van der Waals surface area contributed by atoms with Gasteiger partial charge in [-0.15, -0.1) is 0 Å². The summed E-state index contributed by atoms with van der Waals surface area (Å²) in [4.78, 5) is 30.6. The fourth-order valence-electron chi connectivity index (χ4n) is 4.16. The van der Waals surface area contributed by atoms with Gasteiger partial charge in [0.2, 0.25) is 0 Å². The molecule has 1 aliphatic rings. The minimum atomic E-state index is -0.371. The number of hydrogen-bond acceptors (Lipinski definition) is 5. The molecule has 4 rings (SSSR count). The van der Waals surface area contributed by atoms with Gasteiger partial charge in [-0.05, 0) is 48.2 Å². The molecular formula is C28H28N2O4. The zero-order valence-electron chi connectivity index (χ0n) is 20.1. The molecule has 6 heteroatoms. The van der Waals surface area contributed by atoms with E-state index in [1.807, 2.05) is 74.3 Å². The van der Waals surface area contributed by atoms with Crippen molar-refractivity contribution < 1.29 is 19.1 Å². The summed E-state index contributed by atoms with van der Waals surface area (Å²) in [5, 5.41) is 0. The molecule has 0 bridgehead atoms. The Morgan fingerprint density at radius 2 is 1.50 bits per heavy atom. The molecule has 2 amide bonds. The molecule has 0 saturated heterocycles. The van der Waals surface area contributed by atoms with Crippen molar-refractivity contribution in [1.82, 2.24) is 4.90 Å². The van der Waals surface area contributed by atoms with E-state index in [9.17, 15) is 9.59 Å². The Labute approximate surface area is 200 Å². The van der Waals surface area contributed by atoms with Crippen LogP contribution in [0.15, 0.2) is 72.4 Å². The number of aryl methyl sites for hydroxylation is 2. The van der Waals surface area contributed by atoms with E-state index in [4.69, 9.17) is 9.47 Å². The topological polar surface area (TPSA) is 59.1 Å². The van der Waals surface area contributed by atoms with Crippen LogP contribution in [0.5, 0.6) is 11.5 Å². The normalized spacial score (nSPS) is 13.5. The molecule has 3 aromatic carbocycles. The van der Waals surface area contributed by atoms with Crippen LogP contribution in [0.3, 0.4) is 0 Å². The second kappa shape index (κ2) is 9.43. The molecule has 0 N–H and O–H groups in total. The monoisotopic (exact) mass is 456 g/mol. The van der Waals surface area contributed by atoms with Crippen molar-refractivity contribution >= 4 is 23.1 Å². The predicted octanol–water partition coefficient (Wildman–Crippen LogP) is 4.74. The van der Waals surface area contributed by atoms with E-state index in [0.717, 1.165) is 22.3 Å². The molecular weight excluding hydrogens is 428 g/mol. The number of carbonyl (C=O) groups is 2. The number of methoxy groups -OCH3 is 2. The Morgan fingerprint density at radius 1 is 0.794 bits per heavy atom. The highest BCUT2D eigenvalue weighted by Crippen LogP contribution is 2.38. The van der Waals surface area contributed by atoms with Gasteiger partial charge >= 0.3 is 0 Å². The first-order chi connectivity index (χ1) is 16.3. The molecule has 0 aromatic heterocycles. The molecule has 0 spiro atoms. The third-order valence-corrected chi connectivity index (χ3v) is 6.12. The molecule has 3 aromatic rings. The Morgan fingerprint density at radius 3 is 2.15 bits per heavy atom. The van der Waals surface area contributed by atoms with Crippen molar-refractivity contribution in [2.24, 2.45) is 0 Å².